The fourth-order valence-electron chi connectivity index (χ4n) is 1.80. The number of aromatic nitrogens is 4. The summed E-state index contributed by atoms with van der Waals surface area (Å²) in [6.07, 6.45) is 4.26. The Morgan fingerprint density at radius 3 is 2.89 bits per heavy atom. The zero-order chi connectivity index (χ0) is 13.8. The minimum absolute atomic E-state index is 0.0312. The molecule has 0 amide bonds. The number of carbonyl (C=O) groups is 1. The molecule has 2 heterocycles. The van der Waals surface area contributed by atoms with Crippen LogP contribution >= 0.6 is 0 Å². The average molecular weight is 260 g/mol. The van der Waals surface area contributed by atoms with Crippen molar-refractivity contribution in [2.24, 2.45) is 5.92 Å². The van der Waals surface area contributed by atoms with E-state index in [4.69, 9.17) is 0 Å². The van der Waals surface area contributed by atoms with Crippen molar-refractivity contribution in [2.75, 3.05) is 0 Å². The summed E-state index contributed by atoms with van der Waals surface area (Å²) < 4.78 is 1.65. The van der Waals surface area contributed by atoms with Gasteiger partial charge in [-0.05, 0) is 18.1 Å². The zero-order valence-corrected chi connectivity index (χ0v) is 10.9. The molecule has 0 aliphatic heterocycles. The zero-order valence-electron chi connectivity index (χ0n) is 10.9. The van der Waals surface area contributed by atoms with Crippen LogP contribution in [0.25, 0.3) is 11.3 Å². The minimum Gasteiger partial charge on any atom is -0.476 e. The van der Waals surface area contributed by atoms with Crippen LogP contribution in [0.1, 0.15) is 30.8 Å². The van der Waals surface area contributed by atoms with Gasteiger partial charge < -0.3 is 5.11 Å². The quantitative estimate of drug-likeness (QED) is 0.890. The molecule has 2 aromatic rings. The van der Waals surface area contributed by atoms with Crippen molar-refractivity contribution in [2.45, 2.75) is 26.8 Å². The Kier molecular flexibility index (Phi) is 3.89. The third kappa shape index (κ3) is 2.78. The molecule has 0 saturated carbocycles. The van der Waals surface area contributed by atoms with Gasteiger partial charge in [-0.3, -0.25) is 4.98 Å². The van der Waals surface area contributed by atoms with E-state index < -0.39 is 5.97 Å². The summed E-state index contributed by atoms with van der Waals surface area (Å²) in [4.78, 5) is 15.2. The second kappa shape index (κ2) is 5.60. The highest BCUT2D eigenvalue weighted by Crippen LogP contribution is 2.22. The molecule has 0 radical (unpaired) electrons. The molecule has 100 valence electrons. The van der Waals surface area contributed by atoms with E-state index in [0.717, 1.165) is 6.42 Å². The summed E-state index contributed by atoms with van der Waals surface area (Å²) in [7, 11) is 0. The van der Waals surface area contributed by atoms with Gasteiger partial charge in [0.2, 0.25) is 0 Å². The molecule has 0 saturated heterocycles. The average Bonchev–Trinajstić information content (AvgIpc) is 2.83. The minimum atomic E-state index is -1.07. The number of carboxylic acids is 1. The summed E-state index contributed by atoms with van der Waals surface area (Å²) in [5, 5.41) is 16.9. The Morgan fingerprint density at radius 1 is 1.53 bits per heavy atom. The fraction of sp³-hybridized carbons (Fsp3) is 0.385. The van der Waals surface area contributed by atoms with E-state index in [0.29, 0.717) is 23.7 Å². The van der Waals surface area contributed by atoms with Gasteiger partial charge in [0.1, 0.15) is 5.69 Å². The van der Waals surface area contributed by atoms with E-state index in [1.165, 1.54) is 0 Å². The van der Waals surface area contributed by atoms with Crippen LogP contribution < -0.4 is 0 Å². The molecule has 6 heteroatoms. The maximum absolute atomic E-state index is 11.2. The van der Waals surface area contributed by atoms with Crippen molar-refractivity contribution in [1.29, 1.82) is 0 Å². The fourth-order valence-corrected chi connectivity index (χ4v) is 1.80. The Bertz CT molecular complexity index is 565. The van der Waals surface area contributed by atoms with Crippen molar-refractivity contribution in [3.8, 4) is 11.3 Å². The second-order valence-electron chi connectivity index (χ2n) is 4.53. The molecule has 2 rings (SSSR count). The smallest absolute Gasteiger partial charge is 0.358 e. The molecule has 0 spiro atoms. The third-order valence-corrected chi connectivity index (χ3v) is 3.05. The van der Waals surface area contributed by atoms with E-state index in [1.807, 2.05) is 6.07 Å². The topological polar surface area (TPSA) is 80.9 Å². The van der Waals surface area contributed by atoms with Crippen LogP contribution in [0.15, 0.2) is 24.5 Å². The first-order valence-electron chi connectivity index (χ1n) is 6.20. The van der Waals surface area contributed by atoms with Gasteiger partial charge in [0.15, 0.2) is 5.69 Å². The first-order valence-corrected chi connectivity index (χ1v) is 6.20. The highest BCUT2D eigenvalue weighted by atomic mass is 16.4. The van der Waals surface area contributed by atoms with Crippen LogP contribution in [0.3, 0.4) is 0 Å². The molecule has 1 unspecified atom stereocenters. The first kappa shape index (κ1) is 13.2. The monoisotopic (exact) mass is 260 g/mol. The lowest BCUT2D eigenvalue weighted by Crippen LogP contribution is -2.10. The first-order chi connectivity index (χ1) is 9.13. The molecule has 1 atom stereocenters. The van der Waals surface area contributed by atoms with Crippen LogP contribution in [0, 0.1) is 5.92 Å². The molecular formula is C13H16N4O2. The van der Waals surface area contributed by atoms with Crippen molar-refractivity contribution < 1.29 is 9.90 Å². The number of rotatable bonds is 5. The van der Waals surface area contributed by atoms with Gasteiger partial charge in [-0.1, -0.05) is 25.5 Å². The van der Waals surface area contributed by atoms with Crippen molar-refractivity contribution in [3.05, 3.63) is 30.2 Å². The van der Waals surface area contributed by atoms with E-state index in [2.05, 4.69) is 29.1 Å². The molecule has 1 N–H and O–H groups in total. The van der Waals surface area contributed by atoms with Gasteiger partial charge in [0, 0.05) is 24.5 Å². The number of nitrogens with zero attached hydrogens (tertiary/aromatic N) is 4. The lowest BCUT2D eigenvalue weighted by molar-refractivity contribution is 0.0691. The molecule has 19 heavy (non-hydrogen) atoms. The molecule has 0 aliphatic rings. The normalized spacial score (nSPS) is 12.3. The standard InChI is InChI=1S/C13H16N4O2/c1-3-9(2)8-17-12(10-5-4-6-14-7-10)11(13(18)19)15-16-17/h4-7,9H,3,8H2,1-2H3,(H,18,19). The molecule has 0 bridgehead atoms. The highest BCUT2D eigenvalue weighted by molar-refractivity contribution is 5.92. The number of hydrogen-bond donors (Lipinski definition) is 1. The van der Waals surface area contributed by atoms with Crippen molar-refractivity contribution in [3.63, 3.8) is 0 Å². The van der Waals surface area contributed by atoms with Crippen LogP contribution in [0.2, 0.25) is 0 Å². The van der Waals surface area contributed by atoms with Gasteiger partial charge in [-0.15, -0.1) is 5.10 Å². The van der Waals surface area contributed by atoms with Gasteiger partial charge in [0.05, 0.1) is 0 Å². The lowest BCUT2D eigenvalue weighted by atomic mass is 10.1. The molecule has 0 aromatic carbocycles. The predicted octanol–water partition coefficient (Wildman–Crippen LogP) is 2.08. The Balaban J connectivity index is 2.48. The van der Waals surface area contributed by atoms with Crippen molar-refractivity contribution >= 4 is 5.97 Å². The molecular weight excluding hydrogens is 244 g/mol. The summed E-state index contributed by atoms with van der Waals surface area (Å²) in [6, 6.07) is 3.58. The second-order valence-corrected chi connectivity index (χ2v) is 4.53. The Hall–Kier alpha value is -2.24. The van der Waals surface area contributed by atoms with E-state index in [1.54, 1.807) is 23.1 Å². The summed E-state index contributed by atoms with van der Waals surface area (Å²) in [5.41, 5.74) is 1.20. The van der Waals surface area contributed by atoms with Crippen LogP contribution in [-0.4, -0.2) is 31.1 Å². The lowest BCUT2D eigenvalue weighted by Gasteiger charge is -2.11. The highest BCUT2D eigenvalue weighted by Gasteiger charge is 2.21. The largest absolute Gasteiger partial charge is 0.476 e. The molecule has 0 aliphatic carbocycles. The molecule has 6 nitrogen and oxygen atoms in total. The van der Waals surface area contributed by atoms with Gasteiger partial charge in [0.25, 0.3) is 0 Å². The predicted molar refractivity (Wildman–Crippen MR) is 69.7 cm³/mol. The van der Waals surface area contributed by atoms with Crippen LogP contribution in [-0.2, 0) is 6.54 Å². The van der Waals surface area contributed by atoms with Crippen molar-refractivity contribution in [1.82, 2.24) is 20.0 Å². The van der Waals surface area contributed by atoms with E-state index in [9.17, 15) is 9.90 Å². The maximum atomic E-state index is 11.2. The SMILES string of the molecule is CCC(C)Cn1nnc(C(=O)O)c1-c1cccnc1. The van der Waals surface area contributed by atoms with E-state index >= 15 is 0 Å². The van der Waals surface area contributed by atoms with Gasteiger partial charge >= 0.3 is 5.97 Å². The van der Waals surface area contributed by atoms with Crippen LogP contribution in [0.4, 0.5) is 0 Å². The Morgan fingerprint density at radius 2 is 2.32 bits per heavy atom. The third-order valence-electron chi connectivity index (χ3n) is 3.05. The molecule has 0 fully saturated rings. The van der Waals surface area contributed by atoms with Crippen LogP contribution in [0.5, 0.6) is 0 Å². The molecule has 2 aromatic heterocycles. The number of aromatic carboxylic acids is 1. The summed E-state index contributed by atoms with van der Waals surface area (Å²) in [5.74, 6) is -0.673. The van der Waals surface area contributed by atoms with E-state index in [-0.39, 0.29) is 5.69 Å². The summed E-state index contributed by atoms with van der Waals surface area (Å²) in [6.45, 7) is 4.82. The number of carboxylic acid groups (broad SMARTS) is 1. The van der Waals surface area contributed by atoms with Gasteiger partial charge in [-0.2, -0.15) is 0 Å². The van der Waals surface area contributed by atoms with Gasteiger partial charge in [-0.25, -0.2) is 9.48 Å². The summed E-state index contributed by atoms with van der Waals surface area (Å²) >= 11 is 0. The maximum Gasteiger partial charge on any atom is 0.358 e. The Labute approximate surface area is 111 Å². The number of hydrogen-bond acceptors (Lipinski definition) is 4. The number of pyridine rings is 1.